The smallest absolute Gasteiger partial charge is 0.339 e. The minimum absolute atomic E-state index is 0.336. The number of carboxylic acid groups (broad SMARTS) is 1. The van der Waals surface area contributed by atoms with Crippen LogP contribution in [0, 0.1) is 0 Å². The van der Waals surface area contributed by atoms with Gasteiger partial charge in [0.25, 0.3) is 0 Å². The Hall–Kier alpha value is -1.62. The number of nitrogens with zero attached hydrogens (tertiary/aromatic N) is 2. The SMILES string of the molecule is O=C(O)c1cc2c(nc1N1CCCOCC1)CCC2. The Labute approximate surface area is 112 Å². The van der Waals surface area contributed by atoms with Crippen LogP contribution in [0.2, 0.25) is 0 Å². The van der Waals surface area contributed by atoms with Crippen molar-refractivity contribution < 1.29 is 14.6 Å². The van der Waals surface area contributed by atoms with Gasteiger partial charge in [-0.2, -0.15) is 0 Å². The predicted octanol–water partition coefficient (Wildman–Crippen LogP) is 1.50. The summed E-state index contributed by atoms with van der Waals surface area (Å²) in [5.41, 5.74) is 2.51. The molecule has 1 N–H and O–H groups in total. The largest absolute Gasteiger partial charge is 0.478 e. The fourth-order valence-corrected chi connectivity index (χ4v) is 2.82. The maximum absolute atomic E-state index is 11.5. The van der Waals surface area contributed by atoms with Crippen molar-refractivity contribution in [2.45, 2.75) is 25.7 Å². The van der Waals surface area contributed by atoms with Gasteiger partial charge in [0.05, 0.1) is 6.61 Å². The first kappa shape index (κ1) is 12.4. The lowest BCUT2D eigenvalue weighted by atomic mass is 10.1. The standard InChI is InChI=1S/C14H18N2O3/c17-14(18)11-9-10-3-1-4-12(10)15-13(11)16-5-2-7-19-8-6-16/h9H,1-8H2,(H,17,18). The van der Waals surface area contributed by atoms with Gasteiger partial charge >= 0.3 is 5.97 Å². The number of anilines is 1. The molecule has 0 aromatic carbocycles. The monoisotopic (exact) mass is 262 g/mol. The van der Waals surface area contributed by atoms with Crippen molar-refractivity contribution >= 4 is 11.8 Å². The molecular formula is C14H18N2O3. The van der Waals surface area contributed by atoms with Crippen LogP contribution in [0.5, 0.6) is 0 Å². The Bertz CT molecular complexity index is 494. The molecule has 5 nitrogen and oxygen atoms in total. The molecule has 1 fully saturated rings. The van der Waals surface area contributed by atoms with E-state index in [1.165, 1.54) is 0 Å². The molecule has 1 aliphatic carbocycles. The van der Waals surface area contributed by atoms with Gasteiger partial charge in [-0.25, -0.2) is 9.78 Å². The normalized spacial score (nSPS) is 19.1. The molecule has 3 rings (SSSR count). The first-order chi connectivity index (χ1) is 9.25. The van der Waals surface area contributed by atoms with E-state index < -0.39 is 5.97 Å². The first-order valence-electron chi connectivity index (χ1n) is 6.84. The van der Waals surface area contributed by atoms with E-state index in [0.29, 0.717) is 24.5 Å². The molecule has 0 spiro atoms. The molecule has 0 atom stereocenters. The maximum atomic E-state index is 11.5. The van der Waals surface area contributed by atoms with E-state index in [9.17, 15) is 9.90 Å². The van der Waals surface area contributed by atoms with Crippen LogP contribution in [-0.4, -0.2) is 42.4 Å². The number of aryl methyl sites for hydroxylation is 2. The third-order valence-electron chi connectivity index (χ3n) is 3.78. The van der Waals surface area contributed by atoms with Crippen molar-refractivity contribution in [1.29, 1.82) is 0 Å². The highest BCUT2D eigenvalue weighted by molar-refractivity contribution is 5.93. The third kappa shape index (κ3) is 2.42. The summed E-state index contributed by atoms with van der Waals surface area (Å²) in [6, 6.07) is 1.82. The number of pyridine rings is 1. The molecule has 19 heavy (non-hydrogen) atoms. The third-order valence-corrected chi connectivity index (χ3v) is 3.78. The van der Waals surface area contributed by atoms with E-state index in [2.05, 4.69) is 9.88 Å². The van der Waals surface area contributed by atoms with E-state index in [0.717, 1.165) is 50.1 Å². The van der Waals surface area contributed by atoms with Crippen molar-refractivity contribution in [3.63, 3.8) is 0 Å². The summed E-state index contributed by atoms with van der Waals surface area (Å²) in [5.74, 6) is -0.263. The molecule has 1 aromatic rings. The molecule has 1 saturated heterocycles. The summed E-state index contributed by atoms with van der Waals surface area (Å²) in [5, 5.41) is 9.40. The van der Waals surface area contributed by atoms with Crippen LogP contribution in [0.25, 0.3) is 0 Å². The van der Waals surface area contributed by atoms with E-state index >= 15 is 0 Å². The lowest BCUT2D eigenvalue weighted by Gasteiger charge is -2.23. The molecular weight excluding hydrogens is 244 g/mol. The second kappa shape index (κ2) is 5.17. The quantitative estimate of drug-likeness (QED) is 0.875. The van der Waals surface area contributed by atoms with Crippen molar-refractivity contribution in [2.24, 2.45) is 0 Å². The number of aromatic nitrogens is 1. The molecule has 0 amide bonds. The van der Waals surface area contributed by atoms with E-state index in [-0.39, 0.29) is 0 Å². The Morgan fingerprint density at radius 3 is 3.00 bits per heavy atom. The van der Waals surface area contributed by atoms with Crippen molar-refractivity contribution in [2.75, 3.05) is 31.2 Å². The summed E-state index contributed by atoms with van der Waals surface area (Å²) in [4.78, 5) is 18.1. The second-order valence-corrected chi connectivity index (χ2v) is 5.08. The van der Waals surface area contributed by atoms with Crippen LogP contribution in [0.15, 0.2) is 6.07 Å². The lowest BCUT2D eigenvalue weighted by Crippen LogP contribution is -2.29. The lowest BCUT2D eigenvalue weighted by molar-refractivity contribution is 0.0697. The molecule has 1 aliphatic heterocycles. The summed E-state index contributed by atoms with van der Waals surface area (Å²) in [6.45, 7) is 2.90. The number of ether oxygens (including phenoxy) is 1. The Morgan fingerprint density at radius 1 is 1.26 bits per heavy atom. The zero-order valence-corrected chi connectivity index (χ0v) is 10.9. The maximum Gasteiger partial charge on any atom is 0.339 e. The van der Waals surface area contributed by atoms with Crippen molar-refractivity contribution in [3.8, 4) is 0 Å². The minimum atomic E-state index is -0.887. The van der Waals surface area contributed by atoms with E-state index in [1.54, 1.807) is 0 Å². The average molecular weight is 262 g/mol. The minimum Gasteiger partial charge on any atom is -0.478 e. The molecule has 0 unspecified atom stereocenters. The molecule has 2 heterocycles. The number of aromatic carboxylic acids is 1. The van der Waals surface area contributed by atoms with Gasteiger partial charge in [-0.1, -0.05) is 0 Å². The van der Waals surface area contributed by atoms with Crippen LogP contribution >= 0.6 is 0 Å². The summed E-state index contributed by atoms with van der Waals surface area (Å²) in [6.07, 6.45) is 3.91. The van der Waals surface area contributed by atoms with Crippen molar-refractivity contribution in [3.05, 3.63) is 22.9 Å². The number of fused-ring (bicyclic) bond motifs is 1. The average Bonchev–Trinajstić information content (AvgIpc) is 2.69. The predicted molar refractivity (Wildman–Crippen MR) is 70.9 cm³/mol. The van der Waals surface area contributed by atoms with E-state index in [1.807, 2.05) is 6.07 Å². The van der Waals surface area contributed by atoms with E-state index in [4.69, 9.17) is 4.74 Å². The van der Waals surface area contributed by atoms with Crippen LogP contribution in [0.1, 0.15) is 34.5 Å². The van der Waals surface area contributed by atoms with Gasteiger partial charge in [-0.05, 0) is 37.3 Å². The van der Waals surface area contributed by atoms with Crippen LogP contribution in [0.4, 0.5) is 5.82 Å². The van der Waals surface area contributed by atoms with Crippen LogP contribution in [-0.2, 0) is 17.6 Å². The van der Waals surface area contributed by atoms with Gasteiger partial charge in [0.2, 0.25) is 0 Å². The van der Waals surface area contributed by atoms with Crippen LogP contribution < -0.4 is 4.90 Å². The zero-order chi connectivity index (χ0) is 13.2. The number of rotatable bonds is 2. The highest BCUT2D eigenvalue weighted by Crippen LogP contribution is 2.28. The Kier molecular flexibility index (Phi) is 3.38. The van der Waals surface area contributed by atoms with Gasteiger partial charge in [-0.3, -0.25) is 0 Å². The highest BCUT2D eigenvalue weighted by Gasteiger charge is 2.23. The second-order valence-electron chi connectivity index (χ2n) is 5.08. The Morgan fingerprint density at radius 2 is 2.16 bits per heavy atom. The number of hydrogen-bond donors (Lipinski definition) is 1. The first-order valence-corrected chi connectivity index (χ1v) is 6.84. The molecule has 0 saturated carbocycles. The fraction of sp³-hybridized carbons (Fsp3) is 0.571. The molecule has 0 bridgehead atoms. The summed E-state index contributed by atoms with van der Waals surface area (Å²) in [7, 11) is 0. The van der Waals surface area contributed by atoms with Gasteiger partial charge < -0.3 is 14.7 Å². The molecule has 0 radical (unpaired) electrons. The number of carboxylic acids is 1. The van der Waals surface area contributed by atoms with Crippen molar-refractivity contribution in [1.82, 2.24) is 4.98 Å². The fourth-order valence-electron chi connectivity index (χ4n) is 2.82. The van der Waals surface area contributed by atoms with Gasteiger partial charge in [0, 0.05) is 25.4 Å². The molecule has 1 aromatic heterocycles. The molecule has 2 aliphatic rings. The Balaban J connectivity index is 2.00. The van der Waals surface area contributed by atoms with Crippen LogP contribution in [0.3, 0.4) is 0 Å². The summed E-state index contributed by atoms with van der Waals surface area (Å²) >= 11 is 0. The molecule has 5 heteroatoms. The number of hydrogen-bond acceptors (Lipinski definition) is 4. The van der Waals surface area contributed by atoms with Gasteiger partial charge in [0.15, 0.2) is 0 Å². The summed E-state index contributed by atoms with van der Waals surface area (Å²) < 4.78 is 5.42. The zero-order valence-electron chi connectivity index (χ0n) is 10.9. The highest BCUT2D eigenvalue weighted by atomic mass is 16.5. The van der Waals surface area contributed by atoms with Gasteiger partial charge in [0.1, 0.15) is 11.4 Å². The molecule has 102 valence electrons. The van der Waals surface area contributed by atoms with Gasteiger partial charge in [-0.15, -0.1) is 0 Å². The topological polar surface area (TPSA) is 62.7 Å². The number of carbonyl (C=O) groups is 1.